The Morgan fingerprint density at radius 3 is 2.63 bits per heavy atom. The van der Waals surface area contributed by atoms with Gasteiger partial charge in [-0.2, -0.15) is 0 Å². The molecule has 3 N–H and O–H groups in total. The number of hydrogen-bond acceptors (Lipinski definition) is 3. The summed E-state index contributed by atoms with van der Waals surface area (Å²) < 4.78 is 0. The van der Waals surface area contributed by atoms with Crippen molar-refractivity contribution in [1.82, 2.24) is 0 Å². The molecule has 0 bridgehead atoms. The molecule has 2 aliphatic rings. The van der Waals surface area contributed by atoms with Crippen molar-refractivity contribution in [1.29, 1.82) is 0 Å². The maximum Gasteiger partial charge on any atom is 0.352 e. The first kappa shape index (κ1) is 14.1. The fourth-order valence-electron chi connectivity index (χ4n) is 3.18. The summed E-state index contributed by atoms with van der Waals surface area (Å²) in [5.41, 5.74) is 7.34. The second kappa shape index (κ2) is 6.73. The van der Waals surface area contributed by atoms with Crippen LogP contribution in [0, 0.1) is 5.92 Å². The molecule has 0 aromatic heterocycles. The number of carbonyl (C=O) groups is 1. The summed E-state index contributed by atoms with van der Waals surface area (Å²) >= 11 is 0. The van der Waals surface area contributed by atoms with Crippen LogP contribution < -0.4 is 5.73 Å². The molecule has 0 aromatic rings. The lowest BCUT2D eigenvalue weighted by molar-refractivity contribution is -0.132. The number of aliphatic carboxylic acids is 1. The Kier molecular flexibility index (Phi) is 5.00. The Morgan fingerprint density at radius 1 is 1.21 bits per heavy atom. The number of nitrogens with zero attached hydrogens (tertiary/aromatic N) is 1. The number of carboxylic acid groups (broad SMARTS) is 1. The van der Waals surface area contributed by atoms with Gasteiger partial charge in [0.15, 0.2) is 0 Å². The Labute approximate surface area is 114 Å². The molecule has 106 valence electrons. The van der Waals surface area contributed by atoms with Crippen LogP contribution in [0.3, 0.4) is 0 Å². The number of carboxylic acids is 1. The van der Waals surface area contributed by atoms with Gasteiger partial charge in [0.05, 0.1) is 0 Å². The largest absolute Gasteiger partial charge is 0.477 e. The van der Waals surface area contributed by atoms with Crippen molar-refractivity contribution in [3.63, 3.8) is 0 Å². The topological polar surface area (TPSA) is 75.7 Å². The summed E-state index contributed by atoms with van der Waals surface area (Å²) in [6.45, 7) is 0.830. The predicted octanol–water partition coefficient (Wildman–Crippen LogP) is 2.88. The van der Waals surface area contributed by atoms with E-state index in [1.54, 1.807) is 0 Å². The summed E-state index contributed by atoms with van der Waals surface area (Å²) in [6, 6.07) is 0. The Balaban J connectivity index is 1.91. The molecule has 2 aliphatic carbocycles. The van der Waals surface area contributed by atoms with Crippen LogP contribution in [-0.2, 0) is 4.79 Å². The monoisotopic (exact) mass is 264 g/mol. The Hall–Kier alpha value is -1.32. The van der Waals surface area contributed by atoms with Crippen LogP contribution in [0.25, 0.3) is 0 Å². The molecule has 0 unspecified atom stereocenters. The van der Waals surface area contributed by atoms with E-state index < -0.39 is 5.97 Å². The molecule has 0 saturated heterocycles. The molecule has 0 aliphatic heterocycles. The molecule has 4 nitrogen and oxygen atoms in total. The van der Waals surface area contributed by atoms with Crippen LogP contribution in [0.5, 0.6) is 0 Å². The van der Waals surface area contributed by atoms with Gasteiger partial charge in [-0.05, 0) is 31.6 Å². The first-order chi connectivity index (χ1) is 9.18. The molecule has 2 fully saturated rings. The van der Waals surface area contributed by atoms with Crippen LogP contribution in [0.4, 0.5) is 0 Å². The number of hydrogen-bond donors (Lipinski definition) is 2. The van der Waals surface area contributed by atoms with Crippen molar-refractivity contribution < 1.29 is 9.90 Å². The van der Waals surface area contributed by atoms with Gasteiger partial charge in [0.1, 0.15) is 5.70 Å². The lowest BCUT2D eigenvalue weighted by Crippen LogP contribution is -2.16. The van der Waals surface area contributed by atoms with Gasteiger partial charge in [-0.25, -0.2) is 4.79 Å². The van der Waals surface area contributed by atoms with Crippen LogP contribution >= 0.6 is 0 Å². The molecule has 0 amide bonds. The number of aliphatic imine (C=N–C) groups is 1. The summed E-state index contributed by atoms with van der Waals surface area (Å²) in [7, 11) is 0. The lowest BCUT2D eigenvalue weighted by atomic mass is 9.87. The van der Waals surface area contributed by atoms with Crippen LogP contribution in [0.2, 0.25) is 0 Å². The van der Waals surface area contributed by atoms with Gasteiger partial charge < -0.3 is 10.8 Å². The predicted molar refractivity (Wildman–Crippen MR) is 76.2 cm³/mol. The zero-order chi connectivity index (χ0) is 13.7. The van der Waals surface area contributed by atoms with Gasteiger partial charge in [0, 0.05) is 17.8 Å². The summed E-state index contributed by atoms with van der Waals surface area (Å²) in [5.74, 6) is -0.194. The van der Waals surface area contributed by atoms with E-state index in [1.165, 1.54) is 32.1 Å². The average molecular weight is 264 g/mol. The van der Waals surface area contributed by atoms with Crippen LogP contribution in [0.1, 0.15) is 57.8 Å². The number of nitrogens with two attached hydrogens (primary N) is 1. The molecule has 0 atom stereocenters. The van der Waals surface area contributed by atoms with E-state index in [0.29, 0.717) is 0 Å². The van der Waals surface area contributed by atoms with E-state index in [-0.39, 0.29) is 5.70 Å². The van der Waals surface area contributed by atoms with Crippen molar-refractivity contribution in [2.24, 2.45) is 16.6 Å². The molecular formula is C15H24N2O2. The van der Waals surface area contributed by atoms with Crippen molar-refractivity contribution in [2.75, 3.05) is 6.54 Å². The van der Waals surface area contributed by atoms with Gasteiger partial charge >= 0.3 is 5.97 Å². The molecule has 0 radical (unpaired) electrons. The summed E-state index contributed by atoms with van der Waals surface area (Å²) in [5, 5.41) is 8.95. The first-order valence-corrected chi connectivity index (χ1v) is 7.44. The minimum absolute atomic E-state index is 0.00563. The lowest BCUT2D eigenvalue weighted by Gasteiger charge is -2.20. The van der Waals surface area contributed by atoms with Gasteiger partial charge in [0.25, 0.3) is 0 Å². The third-order valence-electron chi connectivity index (χ3n) is 4.31. The molecule has 0 heterocycles. The fraction of sp³-hybridized carbons (Fsp3) is 0.733. The molecule has 4 heteroatoms. The van der Waals surface area contributed by atoms with E-state index in [4.69, 9.17) is 10.8 Å². The highest BCUT2D eigenvalue weighted by molar-refractivity contribution is 6.07. The van der Waals surface area contributed by atoms with E-state index in [1.807, 2.05) is 0 Å². The molecular weight excluding hydrogens is 240 g/mol. The quantitative estimate of drug-likeness (QED) is 0.767. The van der Waals surface area contributed by atoms with Gasteiger partial charge in [-0.15, -0.1) is 0 Å². The minimum Gasteiger partial charge on any atom is -0.477 e. The van der Waals surface area contributed by atoms with E-state index in [0.717, 1.165) is 49.4 Å². The highest BCUT2D eigenvalue weighted by Gasteiger charge is 2.21. The van der Waals surface area contributed by atoms with E-state index in [2.05, 4.69) is 4.99 Å². The summed E-state index contributed by atoms with van der Waals surface area (Å²) in [4.78, 5) is 15.5. The summed E-state index contributed by atoms with van der Waals surface area (Å²) in [6.07, 6.45) is 10.5. The minimum atomic E-state index is -1.02. The van der Waals surface area contributed by atoms with Gasteiger partial charge in [0.2, 0.25) is 0 Å². The maximum absolute atomic E-state index is 10.9. The Morgan fingerprint density at radius 2 is 1.95 bits per heavy atom. The number of rotatable bonds is 4. The molecule has 0 spiro atoms. The van der Waals surface area contributed by atoms with Crippen molar-refractivity contribution in [2.45, 2.75) is 57.8 Å². The molecule has 19 heavy (non-hydrogen) atoms. The zero-order valence-electron chi connectivity index (χ0n) is 11.5. The standard InChI is InChI=1S/C15H24N2O2/c16-14(15(18)19)12-7-4-8-13(12)17-10-9-11-5-2-1-3-6-11/h11H,1-10,16H2,(H,18,19)/b14-12-,17-13?. The van der Waals surface area contributed by atoms with Crippen LogP contribution in [-0.4, -0.2) is 23.3 Å². The first-order valence-electron chi connectivity index (χ1n) is 7.44. The fourth-order valence-corrected chi connectivity index (χ4v) is 3.18. The number of allylic oxidation sites excluding steroid dienone is 1. The van der Waals surface area contributed by atoms with E-state index in [9.17, 15) is 4.79 Å². The van der Waals surface area contributed by atoms with Crippen molar-refractivity contribution in [3.8, 4) is 0 Å². The third-order valence-corrected chi connectivity index (χ3v) is 4.31. The second-order valence-corrected chi connectivity index (χ2v) is 5.67. The SMILES string of the molecule is N/C(C(=O)O)=C1/CCCC1=NCCC1CCCCC1. The van der Waals surface area contributed by atoms with Crippen molar-refractivity contribution >= 4 is 11.7 Å². The highest BCUT2D eigenvalue weighted by Crippen LogP contribution is 2.27. The average Bonchev–Trinajstić information content (AvgIpc) is 2.87. The van der Waals surface area contributed by atoms with Gasteiger partial charge in [-0.3, -0.25) is 4.99 Å². The normalized spacial score (nSPS) is 25.8. The molecule has 0 aromatic carbocycles. The van der Waals surface area contributed by atoms with Crippen LogP contribution in [0.15, 0.2) is 16.3 Å². The third kappa shape index (κ3) is 3.82. The smallest absolute Gasteiger partial charge is 0.352 e. The van der Waals surface area contributed by atoms with E-state index >= 15 is 0 Å². The molecule has 2 rings (SSSR count). The second-order valence-electron chi connectivity index (χ2n) is 5.67. The highest BCUT2D eigenvalue weighted by atomic mass is 16.4. The molecule has 2 saturated carbocycles. The van der Waals surface area contributed by atoms with Crippen molar-refractivity contribution in [3.05, 3.63) is 11.3 Å². The maximum atomic E-state index is 10.9. The zero-order valence-corrected chi connectivity index (χ0v) is 11.5. The Bertz CT molecular complexity index is 393. The van der Waals surface area contributed by atoms with Gasteiger partial charge in [-0.1, -0.05) is 32.1 Å².